The summed E-state index contributed by atoms with van der Waals surface area (Å²) in [5, 5.41) is 0.719. The number of rotatable bonds is 4. The molecule has 94 valence electrons. The smallest absolute Gasteiger partial charge is 0.0566 e. The minimum atomic E-state index is -0.167. The predicted octanol–water partition coefficient (Wildman–Crippen LogP) is 4.50. The fourth-order valence-electron chi connectivity index (χ4n) is 1.84. The van der Waals surface area contributed by atoms with Crippen molar-refractivity contribution in [2.24, 2.45) is 5.73 Å². The molecule has 0 aliphatic rings. The van der Waals surface area contributed by atoms with E-state index in [9.17, 15) is 0 Å². The molecule has 1 unspecified atom stereocenters. The highest BCUT2D eigenvalue weighted by Crippen LogP contribution is 2.27. The lowest BCUT2D eigenvalue weighted by Crippen LogP contribution is -2.12. The Labute approximate surface area is 117 Å². The second-order valence-corrected chi connectivity index (χ2v) is 5.75. The van der Waals surface area contributed by atoms with Gasteiger partial charge in [0.25, 0.3) is 0 Å². The van der Waals surface area contributed by atoms with Crippen LogP contribution in [0.4, 0.5) is 0 Å². The van der Waals surface area contributed by atoms with Crippen LogP contribution in [0.2, 0.25) is 5.02 Å². The number of nitrogens with two attached hydrogens (primary N) is 1. The van der Waals surface area contributed by atoms with Gasteiger partial charge in [-0.25, -0.2) is 0 Å². The zero-order chi connectivity index (χ0) is 13.0. The maximum atomic E-state index is 6.25. The van der Waals surface area contributed by atoms with Gasteiger partial charge in [0.05, 0.1) is 6.04 Å². The molecule has 0 heterocycles. The van der Waals surface area contributed by atoms with Gasteiger partial charge >= 0.3 is 0 Å². The third-order valence-corrected chi connectivity index (χ3v) is 4.03. The molecule has 18 heavy (non-hydrogen) atoms. The van der Waals surface area contributed by atoms with E-state index < -0.39 is 0 Å². The summed E-state index contributed by atoms with van der Waals surface area (Å²) in [5.74, 6) is 1.08. The molecule has 0 saturated heterocycles. The third-order valence-electron chi connectivity index (χ3n) is 2.79. The van der Waals surface area contributed by atoms with E-state index in [0.29, 0.717) is 0 Å². The van der Waals surface area contributed by atoms with Crippen molar-refractivity contribution in [3.8, 4) is 0 Å². The van der Waals surface area contributed by atoms with Crippen LogP contribution >= 0.6 is 23.4 Å². The van der Waals surface area contributed by atoms with Gasteiger partial charge in [-0.2, -0.15) is 0 Å². The summed E-state index contributed by atoms with van der Waals surface area (Å²) in [6.07, 6.45) is 0. The molecule has 0 spiro atoms. The molecule has 0 saturated carbocycles. The summed E-state index contributed by atoms with van der Waals surface area (Å²) >= 11 is 7.99. The Balaban J connectivity index is 2.23. The molecule has 0 radical (unpaired) electrons. The Morgan fingerprint density at radius 3 is 2.39 bits per heavy atom. The molecular formula is C15H16ClNS. The molecular weight excluding hydrogens is 262 g/mol. The van der Waals surface area contributed by atoms with Crippen molar-refractivity contribution < 1.29 is 0 Å². The summed E-state index contributed by atoms with van der Waals surface area (Å²) < 4.78 is 0. The largest absolute Gasteiger partial charge is 0.320 e. The van der Waals surface area contributed by atoms with Crippen LogP contribution in [-0.4, -0.2) is 5.75 Å². The van der Waals surface area contributed by atoms with E-state index in [2.05, 4.69) is 31.2 Å². The molecule has 1 atom stereocenters. The average Bonchev–Trinajstić information content (AvgIpc) is 2.40. The standard InChI is InChI=1S/C15H16ClNS/c1-2-18-12-9-7-11(8-10-12)15(17)13-5-3-4-6-14(13)16/h3-10,15H,2,17H2,1H3. The monoisotopic (exact) mass is 277 g/mol. The Kier molecular flexibility index (Phi) is 4.70. The van der Waals surface area contributed by atoms with Crippen LogP contribution in [0, 0.1) is 0 Å². The van der Waals surface area contributed by atoms with Crippen molar-refractivity contribution in [3.63, 3.8) is 0 Å². The Bertz CT molecular complexity index is 510. The Morgan fingerprint density at radius 2 is 1.78 bits per heavy atom. The lowest BCUT2D eigenvalue weighted by molar-refractivity contribution is 0.870. The van der Waals surface area contributed by atoms with Crippen molar-refractivity contribution in [2.45, 2.75) is 17.9 Å². The van der Waals surface area contributed by atoms with Gasteiger partial charge in [-0.3, -0.25) is 0 Å². The average molecular weight is 278 g/mol. The first-order valence-corrected chi connectivity index (χ1v) is 7.31. The number of benzene rings is 2. The zero-order valence-corrected chi connectivity index (χ0v) is 11.8. The maximum absolute atomic E-state index is 6.25. The van der Waals surface area contributed by atoms with E-state index in [1.807, 2.05) is 36.0 Å². The van der Waals surface area contributed by atoms with E-state index in [-0.39, 0.29) is 6.04 Å². The van der Waals surface area contributed by atoms with Crippen molar-refractivity contribution in [3.05, 3.63) is 64.7 Å². The second kappa shape index (κ2) is 6.28. The summed E-state index contributed by atoms with van der Waals surface area (Å²) in [7, 11) is 0. The molecule has 3 heteroatoms. The fourth-order valence-corrected chi connectivity index (χ4v) is 2.76. The van der Waals surface area contributed by atoms with Gasteiger partial charge in [-0.05, 0) is 35.1 Å². The van der Waals surface area contributed by atoms with Gasteiger partial charge in [0, 0.05) is 9.92 Å². The quantitative estimate of drug-likeness (QED) is 0.833. The molecule has 2 N–H and O–H groups in total. The van der Waals surface area contributed by atoms with Crippen molar-refractivity contribution in [1.29, 1.82) is 0 Å². The van der Waals surface area contributed by atoms with Gasteiger partial charge in [0.2, 0.25) is 0 Å². The summed E-state index contributed by atoms with van der Waals surface area (Å²) in [5.41, 5.74) is 8.30. The van der Waals surface area contributed by atoms with Gasteiger partial charge < -0.3 is 5.73 Å². The summed E-state index contributed by atoms with van der Waals surface area (Å²) in [4.78, 5) is 1.27. The number of thioether (sulfide) groups is 1. The van der Waals surface area contributed by atoms with Crippen LogP contribution in [0.3, 0.4) is 0 Å². The van der Waals surface area contributed by atoms with Crippen LogP contribution in [0.1, 0.15) is 24.1 Å². The number of hydrogen-bond acceptors (Lipinski definition) is 2. The van der Waals surface area contributed by atoms with E-state index >= 15 is 0 Å². The van der Waals surface area contributed by atoms with E-state index in [1.54, 1.807) is 0 Å². The molecule has 0 bridgehead atoms. The normalized spacial score (nSPS) is 12.4. The summed E-state index contributed by atoms with van der Waals surface area (Å²) in [6.45, 7) is 2.15. The first-order chi connectivity index (χ1) is 8.72. The molecule has 0 fully saturated rings. The highest BCUT2D eigenvalue weighted by Gasteiger charge is 2.11. The molecule has 0 aliphatic heterocycles. The van der Waals surface area contributed by atoms with Crippen molar-refractivity contribution >= 4 is 23.4 Å². The van der Waals surface area contributed by atoms with Crippen LogP contribution < -0.4 is 5.73 Å². The Morgan fingerprint density at radius 1 is 1.11 bits per heavy atom. The maximum Gasteiger partial charge on any atom is 0.0566 e. The molecule has 2 rings (SSSR count). The van der Waals surface area contributed by atoms with Crippen LogP contribution in [0.5, 0.6) is 0 Å². The SMILES string of the molecule is CCSc1ccc(C(N)c2ccccc2Cl)cc1. The van der Waals surface area contributed by atoms with Gasteiger partial charge in [-0.1, -0.05) is 48.9 Å². The van der Waals surface area contributed by atoms with Gasteiger partial charge in [0.1, 0.15) is 0 Å². The lowest BCUT2D eigenvalue weighted by atomic mass is 10.00. The molecule has 2 aromatic carbocycles. The first kappa shape index (κ1) is 13.5. The van der Waals surface area contributed by atoms with E-state index in [1.165, 1.54) is 4.90 Å². The lowest BCUT2D eigenvalue weighted by Gasteiger charge is -2.14. The minimum absolute atomic E-state index is 0.167. The van der Waals surface area contributed by atoms with Crippen LogP contribution in [-0.2, 0) is 0 Å². The predicted molar refractivity (Wildman–Crippen MR) is 80.3 cm³/mol. The summed E-state index contributed by atoms with van der Waals surface area (Å²) in [6, 6.07) is 15.9. The topological polar surface area (TPSA) is 26.0 Å². The van der Waals surface area contributed by atoms with E-state index in [0.717, 1.165) is 21.9 Å². The zero-order valence-electron chi connectivity index (χ0n) is 10.3. The Hall–Kier alpha value is -0.960. The van der Waals surface area contributed by atoms with Gasteiger partial charge in [-0.15, -0.1) is 11.8 Å². The van der Waals surface area contributed by atoms with Crippen molar-refractivity contribution in [2.75, 3.05) is 5.75 Å². The minimum Gasteiger partial charge on any atom is -0.320 e. The molecule has 0 amide bonds. The van der Waals surface area contributed by atoms with E-state index in [4.69, 9.17) is 17.3 Å². The fraction of sp³-hybridized carbons (Fsp3) is 0.200. The van der Waals surface area contributed by atoms with Crippen molar-refractivity contribution in [1.82, 2.24) is 0 Å². The molecule has 2 aromatic rings. The van der Waals surface area contributed by atoms with Crippen LogP contribution in [0.25, 0.3) is 0 Å². The first-order valence-electron chi connectivity index (χ1n) is 5.95. The molecule has 1 nitrogen and oxygen atoms in total. The third kappa shape index (κ3) is 3.08. The molecule has 0 aliphatic carbocycles. The molecule has 0 aromatic heterocycles. The number of halogens is 1. The highest BCUT2D eigenvalue weighted by atomic mass is 35.5. The second-order valence-electron chi connectivity index (χ2n) is 4.00. The van der Waals surface area contributed by atoms with Crippen LogP contribution in [0.15, 0.2) is 53.4 Å². The number of hydrogen-bond donors (Lipinski definition) is 1. The van der Waals surface area contributed by atoms with Gasteiger partial charge in [0.15, 0.2) is 0 Å². The highest BCUT2D eigenvalue weighted by molar-refractivity contribution is 7.99.